The third-order valence-electron chi connectivity index (χ3n) is 5.68. The molecule has 6 nitrogen and oxygen atoms in total. The fraction of sp³-hybridized carbons (Fsp3) is 0.435. The average Bonchev–Trinajstić information content (AvgIpc) is 3.45. The van der Waals surface area contributed by atoms with Crippen LogP contribution in [0.25, 0.3) is 11.0 Å². The van der Waals surface area contributed by atoms with Crippen LogP contribution < -0.4 is 0 Å². The molecule has 1 aliphatic heterocycles. The number of nitrogens with zero attached hydrogens (tertiary/aromatic N) is 4. The zero-order valence-electron chi connectivity index (χ0n) is 17.4. The van der Waals surface area contributed by atoms with Gasteiger partial charge in [-0.15, -0.1) is 0 Å². The Balaban J connectivity index is 1.51. The number of aryl methyl sites for hydroxylation is 2. The number of para-hydroxylation sites is 2. The van der Waals surface area contributed by atoms with Crippen molar-refractivity contribution in [1.29, 1.82) is 5.26 Å². The first kappa shape index (κ1) is 20.7. The minimum absolute atomic E-state index is 0.102. The zero-order chi connectivity index (χ0) is 21.1. The van der Waals surface area contributed by atoms with E-state index in [1.54, 1.807) is 0 Å². The molecule has 0 bridgehead atoms. The van der Waals surface area contributed by atoms with E-state index in [4.69, 9.17) is 10.00 Å². The predicted octanol–water partition coefficient (Wildman–Crippen LogP) is 4.52. The molecule has 1 fully saturated rings. The molecular formula is C23H26N4O2S. The van der Waals surface area contributed by atoms with Gasteiger partial charge in [0.1, 0.15) is 0 Å². The smallest absolute Gasteiger partial charge is 0.175 e. The third-order valence-corrected chi connectivity index (χ3v) is 6.66. The molecule has 2 aromatic heterocycles. The van der Waals surface area contributed by atoms with Crippen molar-refractivity contribution in [3.05, 3.63) is 47.3 Å². The maximum absolute atomic E-state index is 13.0. The second-order valence-corrected chi connectivity index (χ2v) is 8.63. The van der Waals surface area contributed by atoms with Gasteiger partial charge in [-0.05, 0) is 44.9 Å². The predicted molar refractivity (Wildman–Crippen MR) is 118 cm³/mol. The van der Waals surface area contributed by atoms with Gasteiger partial charge in [-0.3, -0.25) is 4.79 Å². The first-order valence-corrected chi connectivity index (χ1v) is 11.3. The number of imidazole rings is 1. The van der Waals surface area contributed by atoms with Crippen molar-refractivity contribution in [3.63, 3.8) is 0 Å². The van der Waals surface area contributed by atoms with Crippen LogP contribution in [-0.4, -0.2) is 38.4 Å². The second kappa shape index (κ2) is 9.07. The van der Waals surface area contributed by atoms with Crippen LogP contribution in [0.2, 0.25) is 0 Å². The lowest BCUT2D eigenvalue weighted by Crippen LogP contribution is -2.17. The first-order valence-electron chi connectivity index (χ1n) is 10.3. The van der Waals surface area contributed by atoms with Crippen LogP contribution >= 0.6 is 11.8 Å². The number of thioether (sulfide) groups is 1. The van der Waals surface area contributed by atoms with E-state index < -0.39 is 0 Å². The van der Waals surface area contributed by atoms with Crippen molar-refractivity contribution in [2.45, 2.75) is 57.5 Å². The molecule has 0 saturated carbocycles. The van der Waals surface area contributed by atoms with Crippen molar-refractivity contribution < 1.29 is 9.53 Å². The van der Waals surface area contributed by atoms with Crippen LogP contribution in [0.1, 0.15) is 41.0 Å². The molecule has 0 aliphatic carbocycles. The topological polar surface area (TPSA) is 72.8 Å². The summed E-state index contributed by atoms with van der Waals surface area (Å²) < 4.78 is 10.0. The first-order chi connectivity index (χ1) is 14.6. The van der Waals surface area contributed by atoms with E-state index in [2.05, 4.69) is 15.6 Å². The molecule has 4 rings (SSSR count). The van der Waals surface area contributed by atoms with E-state index in [1.165, 1.54) is 11.8 Å². The van der Waals surface area contributed by atoms with Gasteiger partial charge in [0.25, 0.3) is 0 Å². The quantitative estimate of drug-likeness (QED) is 0.394. The van der Waals surface area contributed by atoms with E-state index in [0.29, 0.717) is 18.7 Å². The molecule has 156 valence electrons. The molecule has 1 saturated heterocycles. The SMILES string of the molecule is Cc1cc(C(=O)CSc2nc3ccccc3n2CCC#N)c(C)n1CC1CCCO1. The number of rotatable bonds is 8. The van der Waals surface area contributed by atoms with Crippen molar-refractivity contribution in [1.82, 2.24) is 14.1 Å². The summed E-state index contributed by atoms with van der Waals surface area (Å²) in [7, 11) is 0. The molecule has 30 heavy (non-hydrogen) atoms. The van der Waals surface area contributed by atoms with Gasteiger partial charge in [0.15, 0.2) is 10.9 Å². The Morgan fingerprint density at radius 3 is 2.93 bits per heavy atom. The maximum Gasteiger partial charge on any atom is 0.175 e. The standard InChI is InChI=1S/C23H26N4O2S/c1-16-13-19(17(2)27(16)14-18-7-5-12-29-18)22(28)15-30-23-25-20-8-3-4-9-21(20)26(23)11-6-10-24/h3-4,8-9,13,18H,5-7,11-12,14-15H2,1-2H3. The zero-order valence-corrected chi connectivity index (χ0v) is 18.2. The Hall–Kier alpha value is -2.56. The van der Waals surface area contributed by atoms with Gasteiger partial charge >= 0.3 is 0 Å². The van der Waals surface area contributed by atoms with Gasteiger partial charge in [0, 0.05) is 36.6 Å². The summed E-state index contributed by atoms with van der Waals surface area (Å²) in [6.45, 7) is 6.28. The molecule has 0 radical (unpaired) electrons. The number of carbonyl (C=O) groups is 1. The summed E-state index contributed by atoms with van der Waals surface area (Å²) >= 11 is 1.44. The summed E-state index contributed by atoms with van der Waals surface area (Å²) in [5.74, 6) is 0.422. The summed E-state index contributed by atoms with van der Waals surface area (Å²) in [5.41, 5.74) is 4.76. The number of carbonyl (C=O) groups excluding carboxylic acids is 1. The Bertz CT molecular complexity index is 1100. The van der Waals surface area contributed by atoms with Crippen LogP contribution in [0.15, 0.2) is 35.5 Å². The number of aromatic nitrogens is 3. The summed E-state index contributed by atoms with van der Waals surface area (Å²) in [5, 5.41) is 9.78. The normalized spacial score (nSPS) is 16.2. The monoisotopic (exact) mass is 422 g/mol. The average molecular weight is 423 g/mol. The van der Waals surface area contributed by atoms with Crippen LogP contribution in [0.5, 0.6) is 0 Å². The molecule has 1 atom stereocenters. The van der Waals surface area contributed by atoms with Crippen molar-refractivity contribution in [2.75, 3.05) is 12.4 Å². The molecule has 0 N–H and O–H groups in total. The van der Waals surface area contributed by atoms with E-state index in [-0.39, 0.29) is 11.9 Å². The number of Topliss-reactive ketones (excluding diaryl/α,β-unsaturated/α-hetero) is 1. The summed E-state index contributed by atoms with van der Waals surface area (Å²) in [6, 6.07) is 12.1. The molecule has 0 spiro atoms. The molecule has 0 amide bonds. The minimum Gasteiger partial charge on any atom is -0.376 e. The van der Waals surface area contributed by atoms with Crippen molar-refractivity contribution in [2.24, 2.45) is 0 Å². The fourth-order valence-electron chi connectivity index (χ4n) is 4.11. The highest BCUT2D eigenvalue weighted by Gasteiger charge is 2.22. The van der Waals surface area contributed by atoms with E-state index in [1.807, 2.05) is 48.7 Å². The van der Waals surface area contributed by atoms with E-state index >= 15 is 0 Å². The highest BCUT2D eigenvalue weighted by Crippen LogP contribution is 2.27. The highest BCUT2D eigenvalue weighted by molar-refractivity contribution is 7.99. The van der Waals surface area contributed by atoms with Gasteiger partial charge < -0.3 is 13.9 Å². The third kappa shape index (κ3) is 4.16. The lowest BCUT2D eigenvalue weighted by Gasteiger charge is -2.14. The number of ketones is 1. The molecule has 3 heterocycles. The number of hydrogen-bond donors (Lipinski definition) is 0. The molecular weight excluding hydrogens is 396 g/mol. The number of nitriles is 1. The van der Waals surface area contributed by atoms with Crippen LogP contribution in [0, 0.1) is 25.2 Å². The van der Waals surface area contributed by atoms with Crippen LogP contribution in [-0.2, 0) is 17.8 Å². The second-order valence-electron chi connectivity index (χ2n) is 7.69. The fourth-order valence-corrected chi connectivity index (χ4v) is 5.03. The van der Waals surface area contributed by atoms with Gasteiger partial charge in [-0.1, -0.05) is 23.9 Å². The van der Waals surface area contributed by atoms with Gasteiger partial charge in [0.2, 0.25) is 0 Å². The number of benzene rings is 1. The van der Waals surface area contributed by atoms with Crippen molar-refractivity contribution >= 4 is 28.6 Å². The molecule has 7 heteroatoms. The van der Waals surface area contributed by atoms with Crippen LogP contribution in [0.3, 0.4) is 0 Å². The Morgan fingerprint density at radius 1 is 1.33 bits per heavy atom. The van der Waals surface area contributed by atoms with Crippen molar-refractivity contribution in [3.8, 4) is 6.07 Å². The highest BCUT2D eigenvalue weighted by atomic mass is 32.2. The summed E-state index contributed by atoms with van der Waals surface area (Å²) in [6.07, 6.45) is 2.84. The lowest BCUT2D eigenvalue weighted by atomic mass is 10.2. The molecule has 1 unspecified atom stereocenters. The van der Waals surface area contributed by atoms with Gasteiger partial charge in [0.05, 0.1) is 35.4 Å². The maximum atomic E-state index is 13.0. The number of ether oxygens (including phenoxy) is 1. The molecule has 3 aromatic rings. The van der Waals surface area contributed by atoms with Gasteiger partial charge in [-0.2, -0.15) is 5.26 Å². The number of hydrogen-bond acceptors (Lipinski definition) is 5. The Morgan fingerprint density at radius 2 is 2.17 bits per heavy atom. The van der Waals surface area contributed by atoms with Gasteiger partial charge in [-0.25, -0.2) is 4.98 Å². The lowest BCUT2D eigenvalue weighted by molar-refractivity contribution is 0.0957. The minimum atomic E-state index is 0.102. The Labute approximate surface area is 180 Å². The molecule has 1 aliphatic rings. The van der Waals surface area contributed by atoms with E-state index in [9.17, 15) is 4.79 Å². The van der Waals surface area contributed by atoms with E-state index in [0.717, 1.165) is 59.1 Å². The number of fused-ring (bicyclic) bond motifs is 1. The summed E-state index contributed by atoms with van der Waals surface area (Å²) in [4.78, 5) is 17.7. The molecule has 1 aromatic carbocycles. The largest absolute Gasteiger partial charge is 0.376 e. The van der Waals surface area contributed by atoms with Crippen LogP contribution in [0.4, 0.5) is 0 Å². The Kier molecular flexibility index (Phi) is 6.26.